The first-order chi connectivity index (χ1) is 8.21. The quantitative estimate of drug-likeness (QED) is 0.724. The molecule has 1 amide bonds. The number of hydrogen-bond donors (Lipinski definition) is 2. The van der Waals surface area contributed by atoms with E-state index in [1.54, 1.807) is 12.1 Å². The molecule has 2 N–H and O–H groups in total. The van der Waals surface area contributed by atoms with Crippen molar-refractivity contribution in [2.75, 3.05) is 18.4 Å². The van der Waals surface area contributed by atoms with E-state index < -0.39 is 11.7 Å². The van der Waals surface area contributed by atoms with E-state index in [-0.39, 0.29) is 5.82 Å². The molecule has 1 saturated heterocycles. The summed E-state index contributed by atoms with van der Waals surface area (Å²) in [6.07, 6.45) is 0.716. The van der Waals surface area contributed by atoms with Gasteiger partial charge in [-0.3, -0.25) is 5.32 Å². The second-order valence-corrected chi connectivity index (χ2v) is 4.42. The lowest BCUT2D eigenvalue weighted by Crippen LogP contribution is -2.47. The highest BCUT2D eigenvalue weighted by molar-refractivity contribution is 5.88. The van der Waals surface area contributed by atoms with Crippen LogP contribution >= 0.6 is 0 Å². The second kappa shape index (κ2) is 3.70. The monoisotopic (exact) mass is 236 g/mol. The molecule has 0 unspecified atom stereocenters. The number of amides is 1. The van der Waals surface area contributed by atoms with Crippen molar-refractivity contribution in [2.24, 2.45) is 0 Å². The highest BCUT2D eigenvalue weighted by Crippen LogP contribution is 2.43. The summed E-state index contributed by atoms with van der Waals surface area (Å²) in [6, 6.07) is 4.71. The van der Waals surface area contributed by atoms with Gasteiger partial charge in [-0.2, -0.15) is 0 Å². The molecule has 4 nitrogen and oxygen atoms in total. The van der Waals surface area contributed by atoms with Crippen molar-refractivity contribution in [3.63, 3.8) is 0 Å². The summed E-state index contributed by atoms with van der Waals surface area (Å²) in [4.78, 5) is 11.5. The topological polar surface area (TPSA) is 50.4 Å². The lowest BCUT2D eigenvalue weighted by atomic mass is 9.82. The van der Waals surface area contributed by atoms with E-state index in [4.69, 9.17) is 4.74 Å². The second-order valence-electron chi connectivity index (χ2n) is 4.42. The lowest BCUT2D eigenvalue weighted by Gasteiger charge is -2.41. The molecule has 0 aromatic heterocycles. The Balaban J connectivity index is 2.15. The van der Waals surface area contributed by atoms with Gasteiger partial charge in [-0.15, -0.1) is 0 Å². The summed E-state index contributed by atoms with van der Waals surface area (Å²) in [7, 11) is 0. The van der Waals surface area contributed by atoms with Gasteiger partial charge in [-0.1, -0.05) is 6.07 Å². The lowest BCUT2D eigenvalue weighted by molar-refractivity contribution is -0.0152. The Bertz CT molecular complexity index is 470. The van der Waals surface area contributed by atoms with Gasteiger partial charge in [0.2, 0.25) is 0 Å². The molecule has 0 atom stereocenters. The maximum Gasteiger partial charge on any atom is 0.412 e. The highest BCUT2D eigenvalue weighted by Gasteiger charge is 2.44. The minimum Gasteiger partial charge on any atom is -0.437 e. The summed E-state index contributed by atoms with van der Waals surface area (Å²) in [5.74, 6) is -0.315. The number of carbonyl (C=O) groups is 1. The smallest absolute Gasteiger partial charge is 0.412 e. The number of hydrogen-bond acceptors (Lipinski definition) is 3. The van der Waals surface area contributed by atoms with E-state index in [1.165, 1.54) is 6.07 Å². The van der Waals surface area contributed by atoms with Crippen molar-refractivity contribution in [1.29, 1.82) is 0 Å². The van der Waals surface area contributed by atoms with E-state index >= 15 is 0 Å². The Morgan fingerprint density at radius 3 is 2.82 bits per heavy atom. The van der Waals surface area contributed by atoms with Crippen molar-refractivity contribution >= 4 is 11.8 Å². The van der Waals surface area contributed by atoms with Gasteiger partial charge in [-0.25, -0.2) is 9.18 Å². The van der Waals surface area contributed by atoms with Gasteiger partial charge in [0.25, 0.3) is 0 Å². The Morgan fingerprint density at radius 2 is 2.06 bits per heavy atom. The molecule has 17 heavy (non-hydrogen) atoms. The summed E-state index contributed by atoms with van der Waals surface area (Å²) in [5, 5.41) is 5.74. The largest absolute Gasteiger partial charge is 0.437 e. The predicted octanol–water partition coefficient (Wildman–Crippen LogP) is 1.97. The third kappa shape index (κ3) is 1.58. The van der Waals surface area contributed by atoms with Crippen LogP contribution in [0.3, 0.4) is 0 Å². The van der Waals surface area contributed by atoms with Crippen molar-refractivity contribution in [1.82, 2.24) is 5.32 Å². The molecule has 1 aromatic rings. The molecule has 3 rings (SSSR count). The van der Waals surface area contributed by atoms with Crippen LogP contribution in [0, 0.1) is 5.82 Å². The molecular formula is C12H13FN2O2. The Labute approximate surface area is 98.1 Å². The van der Waals surface area contributed by atoms with Crippen LogP contribution in [0.2, 0.25) is 0 Å². The van der Waals surface area contributed by atoms with Crippen molar-refractivity contribution in [3.05, 3.63) is 29.6 Å². The Morgan fingerprint density at radius 1 is 1.29 bits per heavy atom. The van der Waals surface area contributed by atoms with E-state index in [1.807, 2.05) is 0 Å². The SMILES string of the molecule is O=C1Nc2cccc(F)c2C2(CCNCC2)O1. The third-order valence-corrected chi connectivity index (χ3v) is 3.41. The fraction of sp³-hybridized carbons (Fsp3) is 0.417. The average Bonchev–Trinajstić information content (AvgIpc) is 2.29. The molecule has 0 saturated carbocycles. The molecule has 1 spiro atoms. The number of carbonyl (C=O) groups excluding carboxylic acids is 1. The van der Waals surface area contributed by atoms with Crippen LogP contribution in [0.5, 0.6) is 0 Å². The van der Waals surface area contributed by atoms with Crippen LogP contribution in [0.4, 0.5) is 14.9 Å². The molecule has 1 aromatic carbocycles. The van der Waals surface area contributed by atoms with E-state index in [2.05, 4.69) is 10.6 Å². The number of nitrogens with one attached hydrogen (secondary N) is 2. The molecule has 5 heteroatoms. The van der Waals surface area contributed by atoms with Crippen LogP contribution in [-0.2, 0) is 10.3 Å². The van der Waals surface area contributed by atoms with Gasteiger partial charge < -0.3 is 10.1 Å². The van der Waals surface area contributed by atoms with Gasteiger partial charge >= 0.3 is 6.09 Å². The molecule has 0 radical (unpaired) electrons. The molecule has 0 bridgehead atoms. The zero-order valence-electron chi connectivity index (χ0n) is 9.25. The Hall–Kier alpha value is -1.62. The maximum atomic E-state index is 14.0. The third-order valence-electron chi connectivity index (χ3n) is 3.41. The summed E-state index contributed by atoms with van der Waals surface area (Å²) in [5.41, 5.74) is 0.220. The zero-order valence-corrected chi connectivity index (χ0v) is 9.25. The van der Waals surface area contributed by atoms with Crippen molar-refractivity contribution in [3.8, 4) is 0 Å². The summed E-state index contributed by atoms with van der Waals surface area (Å²) in [6.45, 7) is 1.45. The summed E-state index contributed by atoms with van der Waals surface area (Å²) < 4.78 is 19.4. The van der Waals surface area contributed by atoms with Gasteiger partial charge in [-0.05, 0) is 25.2 Å². The number of halogens is 1. The van der Waals surface area contributed by atoms with Gasteiger partial charge in [0.05, 0.1) is 11.3 Å². The van der Waals surface area contributed by atoms with E-state index in [9.17, 15) is 9.18 Å². The molecule has 1 fully saturated rings. The Kier molecular flexibility index (Phi) is 2.29. The molecule has 2 aliphatic rings. The van der Waals surface area contributed by atoms with Crippen molar-refractivity contribution in [2.45, 2.75) is 18.4 Å². The minimum atomic E-state index is -0.797. The first kappa shape index (κ1) is 10.5. The maximum absolute atomic E-state index is 14.0. The number of piperidine rings is 1. The van der Waals surface area contributed by atoms with Crippen LogP contribution in [0.25, 0.3) is 0 Å². The van der Waals surface area contributed by atoms with Gasteiger partial charge in [0, 0.05) is 12.8 Å². The number of ether oxygens (including phenoxy) is 1. The van der Waals surface area contributed by atoms with Gasteiger partial charge in [0.1, 0.15) is 11.4 Å². The molecule has 0 aliphatic carbocycles. The van der Waals surface area contributed by atoms with Crippen LogP contribution in [0.15, 0.2) is 18.2 Å². The molecular weight excluding hydrogens is 223 g/mol. The average molecular weight is 236 g/mol. The first-order valence-electron chi connectivity index (χ1n) is 5.71. The van der Waals surface area contributed by atoms with Crippen LogP contribution in [0.1, 0.15) is 18.4 Å². The van der Waals surface area contributed by atoms with Crippen molar-refractivity contribution < 1.29 is 13.9 Å². The molecule has 90 valence electrons. The predicted molar refractivity (Wildman–Crippen MR) is 60.3 cm³/mol. The highest BCUT2D eigenvalue weighted by atomic mass is 19.1. The molecule has 2 heterocycles. The first-order valence-corrected chi connectivity index (χ1v) is 5.71. The normalized spacial score (nSPS) is 21.6. The van der Waals surface area contributed by atoms with E-state index in [0.29, 0.717) is 24.1 Å². The number of rotatable bonds is 0. The van der Waals surface area contributed by atoms with E-state index in [0.717, 1.165) is 13.1 Å². The fourth-order valence-electron chi connectivity index (χ4n) is 2.64. The molecule has 2 aliphatic heterocycles. The number of benzene rings is 1. The minimum absolute atomic E-state index is 0.315. The fourth-order valence-corrected chi connectivity index (χ4v) is 2.64. The van der Waals surface area contributed by atoms with Crippen LogP contribution in [-0.4, -0.2) is 19.2 Å². The van der Waals surface area contributed by atoms with Crippen LogP contribution < -0.4 is 10.6 Å². The zero-order chi connectivity index (χ0) is 11.9. The number of fused-ring (bicyclic) bond motifs is 2. The van der Waals surface area contributed by atoms with Gasteiger partial charge in [0.15, 0.2) is 0 Å². The summed E-state index contributed by atoms with van der Waals surface area (Å²) >= 11 is 0. The number of anilines is 1. The standard InChI is InChI=1S/C12H13FN2O2/c13-8-2-1-3-9-10(8)12(17-11(16)15-9)4-6-14-7-5-12/h1-3,14H,4-7H2,(H,15,16).